The number of fused-ring (bicyclic) bond motifs is 1. The summed E-state index contributed by atoms with van der Waals surface area (Å²) in [7, 11) is 1.82. The van der Waals surface area contributed by atoms with Gasteiger partial charge < -0.3 is 15.0 Å². The second-order valence-corrected chi connectivity index (χ2v) is 7.41. The fourth-order valence-corrected chi connectivity index (χ4v) is 3.97. The van der Waals surface area contributed by atoms with E-state index in [0.717, 1.165) is 10.9 Å². The predicted molar refractivity (Wildman–Crippen MR) is 109 cm³/mol. The van der Waals surface area contributed by atoms with Crippen molar-refractivity contribution in [2.75, 3.05) is 31.6 Å². The lowest BCUT2D eigenvalue weighted by Crippen LogP contribution is -2.48. The van der Waals surface area contributed by atoms with Gasteiger partial charge in [0.05, 0.1) is 18.6 Å². The van der Waals surface area contributed by atoms with Crippen molar-refractivity contribution < 1.29 is 9.53 Å². The zero-order valence-corrected chi connectivity index (χ0v) is 17.1. The maximum absolute atomic E-state index is 13.3. The van der Waals surface area contributed by atoms with Gasteiger partial charge in [0, 0.05) is 26.6 Å². The molecule has 4 rings (SSSR count). The zero-order chi connectivity index (χ0) is 19.5. The third kappa shape index (κ3) is 3.85. The first-order chi connectivity index (χ1) is 13.6. The van der Waals surface area contributed by atoms with Crippen LogP contribution < -0.4 is 5.32 Å². The van der Waals surface area contributed by atoms with Gasteiger partial charge in [-0.2, -0.15) is 5.10 Å². The van der Waals surface area contributed by atoms with Crippen LogP contribution in [-0.2, 0) is 23.0 Å². The molecule has 0 bridgehead atoms. The van der Waals surface area contributed by atoms with Crippen molar-refractivity contribution in [3.05, 3.63) is 46.8 Å². The highest BCUT2D eigenvalue weighted by atomic mass is 79.9. The fourth-order valence-electron chi connectivity index (χ4n) is 3.37. The number of halogens is 1. The first-order valence-electron chi connectivity index (χ1n) is 9.13. The van der Waals surface area contributed by atoms with E-state index in [1.54, 1.807) is 4.68 Å². The number of ether oxygens (including phenoxy) is 1. The van der Waals surface area contributed by atoms with Crippen LogP contribution in [0.5, 0.6) is 0 Å². The molecular formula is C19H21BrN6O2. The Balaban J connectivity index is 1.66. The first-order valence-corrected chi connectivity index (χ1v) is 9.93. The minimum atomic E-state index is -0.453. The SMILES string of the molecule is Cn1nc(Br)c2c(NC(Cc3ccccc3)C(=O)N3CCOCC3)ncnc21. The quantitative estimate of drug-likeness (QED) is 0.647. The number of nitrogens with one attached hydrogen (secondary N) is 1. The Labute approximate surface area is 171 Å². The first kappa shape index (κ1) is 18.8. The number of carbonyl (C=O) groups excluding carboxylic acids is 1. The number of morpholine rings is 1. The minimum absolute atomic E-state index is 0.0407. The molecule has 0 saturated carbocycles. The molecule has 8 nitrogen and oxygen atoms in total. The van der Waals surface area contributed by atoms with Crippen LogP contribution in [0.25, 0.3) is 11.0 Å². The number of nitrogens with zero attached hydrogens (tertiary/aromatic N) is 5. The second kappa shape index (κ2) is 8.24. The maximum atomic E-state index is 13.3. The van der Waals surface area contributed by atoms with Gasteiger partial charge in [0.2, 0.25) is 5.91 Å². The largest absolute Gasteiger partial charge is 0.378 e. The van der Waals surface area contributed by atoms with Crippen LogP contribution in [0.15, 0.2) is 41.3 Å². The van der Waals surface area contributed by atoms with Crippen LogP contribution >= 0.6 is 15.9 Å². The normalized spacial score (nSPS) is 15.6. The highest BCUT2D eigenvalue weighted by Gasteiger charge is 2.27. The molecule has 2 aromatic heterocycles. The predicted octanol–water partition coefficient (Wildman–Crippen LogP) is 2.01. The number of aromatic nitrogens is 4. The van der Waals surface area contributed by atoms with Gasteiger partial charge >= 0.3 is 0 Å². The molecule has 3 aromatic rings. The standard InChI is InChI=1S/C19H21BrN6O2/c1-25-18-15(16(20)24-25)17(21-12-22-18)23-14(11-13-5-3-2-4-6-13)19(27)26-7-9-28-10-8-26/h2-6,12,14H,7-11H2,1H3,(H,21,22,23). The smallest absolute Gasteiger partial charge is 0.245 e. The third-order valence-corrected chi connectivity index (χ3v) is 5.35. The number of hydrogen-bond acceptors (Lipinski definition) is 6. The number of hydrogen-bond donors (Lipinski definition) is 1. The monoisotopic (exact) mass is 444 g/mol. The Morgan fingerprint density at radius 2 is 2.00 bits per heavy atom. The fraction of sp³-hybridized carbons (Fsp3) is 0.368. The van der Waals surface area contributed by atoms with Crippen molar-refractivity contribution in [2.45, 2.75) is 12.5 Å². The van der Waals surface area contributed by atoms with E-state index >= 15 is 0 Å². The second-order valence-electron chi connectivity index (χ2n) is 6.66. The Kier molecular flexibility index (Phi) is 5.54. The molecule has 1 fully saturated rings. The molecular weight excluding hydrogens is 424 g/mol. The van der Waals surface area contributed by atoms with Gasteiger partial charge in [0.15, 0.2) is 5.65 Å². The highest BCUT2D eigenvalue weighted by Crippen LogP contribution is 2.27. The average molecular weight is 445 g/mol. The Morgan fingerprint density at radius 3 is 2.75 bits per heavy atom. The van der Waals surface area contributed by atoms with Gasteiger partial charge in [-0.3, -0.25) is 4.79 Å². The van der Waals surface area contributed by atoms with Crippen LogP contribution in [0, 0.1) is 0 Å². The van der Waals surface area contributed by atoms with Gasteiger partial charge in [-0.1, -0.05) is 30.3 Å². The summed E-state index contributed by atoms with van der Waals surface area (Å²) >= 11 is 3.48. The van der Waals surface area contributed by atoms with Gasteiger partial charge in [-0.05, 0) is 21.5 Å². The van der Waals surface area contributed by atoms with E-state index in [9.17, 15) is 4.79 Å². The van der Waals surface area contributed by atoms with Gasteiger partial charge in [-0.15, -0.1) is 0 Å². The van der Waals surface area contributed by atoms with Crippen LogP contribution in [0.3, 0.4) is 0 Å². The molecule has 3 heterocycles. The summed E-state index contributed by atoms with van der Waals surface area (Å²) in [6.07, 6.45) is 2.04. The molecule has 146 valence electrons. The van der Waals surface area contributed by atoms with Crippen LogP contribution in [0.4, 0.5) is 5.82 Å². The van der Waals surface area contributed by atoms with Crippen LogP contribution in [0.2, 0.25) is 0 Å². The summed E-state index contributed by atoms with van der Waals surface area (Å²) in [6, 6.07) is 9.52. The number of aryl methyl sites for hydroxylation is 1. The summed E-state index contributed by atoms with van der Waals surface area (Å²) in [5, 5.41) is 8.47. The lowest BCUT2D eigenvalue weighted by Gasteiger charge is -2.31. The van der Waals surface area contributed by atoms with E-state index < -0.39 is 6.04 Å². The molecule has 0 radical (unpaired) electrons. The molecule has 9 heteroatoms. The van der Waals surface area contributed by atoms with Crippen molar-refractivity contribution in [2.24, 2.45) is 7.05 Å². The zero-order valence-electron chi connectivity index (χ0n) is 15.5. The summed E-state index contributed by atoms with van der Waals surface area (Å²) in [5.74, 6) is 0.631. The van der Waals surface area contributed by atoms with E-state index in [1.807, 2.05) is 42.3 Å². The number of benzene rings is 1. The lowest BCUT2D eigenvalue weighted by molar-refractivity contribution is -0.136. The molecule has 1 N–H and O–H groups in total. The van der Waals surface area contributed by atoms with Crippen molar-refractivity contribution in [3.8, 4) is 0 Å². The molecule has 0 aliphatic carbocycles. The van der Waals surface area contributed by atoms with Crippen LogP contribution in [0.1, 0.15) is 5.56 Å². The van der Waals surface area contributed by atoms with E-state index in [0.29, 0.717) is 48.8 Å². The molecule has 0 spiro atoms. The van der Waals surface area contributed by atoms with E-state index in [-0.39, 0.29) is 5.91 Å². The molecule has 1 aromatic carbocycles. The van der Waals surface area contributed by atoms with E-state index in [2.05, 4.69) is 36.3 Å². The van der Waals surface area contributed by atoms with Crippen molar-refractivity contribution in [3.63, 3.8) is 0 Å². The number of carbonyl (C=O) groups is 1. The molecule has 1 amide bonds. The molecule has 28 heavy (non-hydrogen) atoms. The Morgan fingerprint density at radius 1 is 1.25 bits per heavy atom. The maximum Gasteiger partial charge on any atom is 0.245 e. The van der Waals surface area contributed by atoms with Gasteiger partial charge in [0.1, 0.15) is 22.8 Å². The lowest BCUT2D eigenvalue weighted by atomic mass is 10.0. The molecule has 1 saturated heterocycles. The molecule has 1 aliphatic rings. The van der Waals surface area contributed by atoms with Crippen molar-refractivity contribution >= 4 is 38.7 Å². The Bertz CT molecular complexity index is 971. The summed E-state index contributed by atoms with van der Waals surface area (Å²) < 4.78 is 7.72. The number of anilines is 1. The number of amides is 1. The third-order valence-electron chi connectivity index (χ3n) is 4.79. The minimum Gasteiger partial charge on any atom is -0.378 e. The van der Waals surface area contributed by atoms with Gasteiger partial charge in [-0.25, -0.2) is 14.6 Å². The Hall–Kier alpha value is -2.52. The summed E-state index contributed by atoms with van der Waals surface area (Å²) in [4.78, 5) is 23.8. The summed E-state index contributed by atoms with van der Waals surface area (Å²) in [6.45, 7) is 2.33. The molecule has 1 atom stereocenters. The van der Waals surface area contributed by atoms with Crippen molar-refractivity contribution in [1.82, 2.24) is 24.6 Å². The van der Waals surface area contributed by atoms with E-state index in [1.165, 1.54) is 6.33 Å². The summed E-state index contributed by atoms with van der Waals surface area (Å²) in [5.41, 5.74) is 1.78. The van der Waals surface area contributed by atoms with Gasteiger partial charge in [0.25, 0.3) is 0 Å². The van der Waals surface area contributed by atoms with E-state index in [4.69, 9.17) is 4.74 Å². The molecule has 1 aliphatic heterocycles. The molecule has 1 unspecified atom stereocenters. The number of rotatable bonds is 5. The topological polar surface area (TPSA) is 85.2 Å². The van der Waals surface area contributed by atoms with Crippen molar-refractivity contribution in [1.29, 1.82) is 0 Å². The highest BCUT2D eigenvalue weighted by molar-refractivity contribution is 9.10. The average Bonchev–Trinajstić information content (AvgIpc) is 3.03. The van der Waals surface area contributed by atoms with Crippen LogP contribution in [-0.4, -0.2) is 62.9 Å².